The predicted molar refractivity (Wildman–Crippen MR) is 91.7 cm³/mol. The molecule has 1 N–H and O–H groups in total. The highest BCUT2D eigenvalue weighted by Crippen LogP contribution is 2.40. The van der Waals surface area contributed by atoms with Crippen LogP contribution in [0, 0.1) is 0 Å². The van der Waals surface area contributed by atoms with E-state index in [9.17, 15) is 9.90 Å². The smallest absolute Gasteiger partial charge is 0.276 e. The number of amides is 1. The topological polar surface area (TPSA) is 83.0 Å². The van der Waals surface area contributed by atoms with Crippen molar-refractivity contribution in [1.82, 2.24) is 15.0 Å². The lowest BCUT2D eigenvalue weighted by atomic mass is 10.2. The fourth-order valence-corrected chi connectivity index (χ4v) is 3.06. The Balaban J connectivity index is 0.00000182. The SMILES string of the molecule is Cl.O=C(c1cc(C2CC2)on1)N1CCN(CC(O)c2ccco2)CC1. The maximum Gasteiger partial charge on any atom is 0.276 e. The molecular weight excluding hydrogens is 346 g/mol. The van der Waals surface area contributed by atoms with Crippen molar-refractivity contribution in [2.45, 2.75) is 24.9 Å². The molecule has 2 aromatic rings. The number of aromatic nitrogens is 1. The third-order valence-electron chi connectivity index (χ3n) is 4.69. The summed E-state index contributed by atoms with van der Waals surface area (Å²) in [5.41, 5.74) is 0.404. The second kappa shape index (κ2) is 7.59. The van der Waals surface area contributed by atoms with Crippen molar-refractivity contribution in [2.75, 3.05) is 32.7 Å². The average molecular weight is 368 g/mol. The second-order valence-electron chi connectivity index (χ2n) is 6.51. The summed E-state index contributed by atoms with van der Waals surface area (Å²) >= 11 is 0. The summed E-state index contributed by atoms with van der Waals surface area (Å²) in [6.45, 7) is 3.18. The van der Waals surface area contributed by atoms with E-state index in [1.807, 2.05) is 0 Å². The summed E-state index contributed by atoms with van der Waals surface area (Å²) in [6.07, 6.45) is 3.17. The van der Waals surface area contributed by atoms with Crippen LogP contribution in [-0.2, 0) is 0 Å². The minimum absolute atomic E-state index is 0. The first-order valence-electron chi connectivity index (χ1n) is 8.40. The van der Waals surface area contributed by atoms with Gasteiger partial charge in [0.1, 0.15) is 17.6 Å². The fraction of sp³-hybridized carbons (Fsp3) is 0.529. The van der Waals surface area contributed by atoms with Crippen LogP contribution in [0.2, 0.25) is 0 Å². The van der Waals surface area contributed by atoms with E-state index in [1.54, 1.807) is 29.4 Å². The number of β-amino-alcohol motifs (C(OH)–C–C–N with tert-alkyl or cyclic N) is 1. The number of hydrogen-bond donors (Lipinski definition) is 1. The van der Waals surface area contributed by atoms with E-state index in [0.717, 1.165) is 31.7 Å². The Morgan fingerprint density at radius 1 is 1.32 bits per heavy atom. The van der Waals surface area contributed by atoms with E-state index in [4.69, 9.17) is 8.94 Å². The Morgan fingerprint density at radius 2 is 2.08 bits per heavy atom. The highest BCUT2D eigenvalue weighted by molar-refractivity contribution is 5.92. The van der Waals surface area contributed by atoms with Gasteiger partial charge in [0, 0.05) is 44.7 Å². The number of piperazine rings is 1. The van der Waals surface area contributed by atoms with Crippen LogP contribution in [0.15, 0.2) is 33.4 Å². The normalized spacial score (nSPS) is 19.5. The lowest BCUT2D eigenvalue weighted by Gasteiger charge is -2.34. The number of hydrogen-bond acceptors (Lipinski definition) is 6. The van der Waals surface area contributed by atoms with Gasteiger partial charge in [0.15, 0.2) is 5.69 Å². The van der Waals surface area contributed by atoms with Crippen molar-refractivity contribution in [3.05, 3.63) is 41.7 Å². The molecule has 0 bridgehead atoms. The Hall–Kier alpha value is -1.83. The molecule has 1 saturated carbocycles. The molecule has 2 aromatic heterocycles. The molecule has 4 rings (SSSR count). The molecule has 0 aromatic carbocycles. The Kier molecular flexibility index (Phi) is 5.46. The zero-order valence-electron chi connectivity index (χ0n) is 13.8. The number of furan rings is 1. The van der Waals surface area contributed by atoms with Gasteiger partial charge in [-0.3, -0.25) is 9.69 Å². The molecule has 2 fully saturated rings. The Bertz CT molecular complexity index is 691. The third kappa shape index (κ3) is 4.05. The van der Waals surface area contributed by atoms with Gasteiger partial charge in [0.2, 0.25) is 0 Å². The zero-order valence-corrected chi connectivity index (χ0v) is 14.7. The molecule has 7 nitrogen and oxygen atoms in total. The van der Waals surface area contributed by atoms with Crippen LogP contribution in [-0.4, -0.2) is 58.7 Å². The number of carbonyl (C=O) groups excluding carboxylic acids is 1. The minimum Gasteiger partial charge on any atom is -0.467 e. The molecular formula is C17H22ClN3O4. The number of rotatable bonds is 5. The quantitative estimate of drug-likeness (QED) is 0.871. The van der Waals surface area contributed by atoms with Crippen LogP contribution in [0.5, 0.6) is 0 Å². The molecule has 8 heteroatoms. The molecule has 1 aliphatic carbocycles. The van der Waals surface area contributed by atoms with Crippen molar-refractivity contribution in [1.29, 1.82) is 0 Å². The number of aliphatic hydroxyl groups is 1. The third-order valence-corrected chi connectivity index (χ3v) is 4.69. The fourth-order valence-electron chi connectivity index (χ4n) is 3.06. The number of halogens is 1. The summed E-state index contributed by atoms with van der Waals surface area (Å²) in [7, 11) is 0. The highest BCUT2D eigenvalue weighted by atomic mass is 35.5. The molecule has 1 atom stereocenters. The van der Waals surface area contributed by atoms with Crippen LogP contribution in [0.1, 0.15) is 46.9 Å². The molecule has 1 amide bonds. The molecule has 2 aliphatic rings. The van der Waals surface area contributed by atoms with Crippen LogP contribution < -0.4 is 0 Å². The van der Waals surface area contributed by atoms with Gasteiger partial charge in [0.05, 0.1) is 6.26 Å². The zero-order chi connectivity index (χ0) is 16.5. The second-order valence-corrected chi connectivity index (χ2v) is 6.51. The standard InChI is InChI=1S/C17H21N3O4.ClH/c21-14(15-2-1-9-23-15)11-19-5-7-20(8-6-19)17(22)13-10-16(24-18-13)12-3-4-12;/h1-2,9-10,12,14,21H,3-8,11H2;1H. The summed E-state index contributed by atoms with van der Waals surface area (Å²) in [5.74, 6) is 1.79. The van der Waals surface area contributed by atoms with Crippen molar-refractivity contribution < 1.29 is 18.8 Å². The molecule has 0 radical (unpaired) electrons. The maximum absolute atomic E-state index is 12.5. The summed E-state index contributed by atoms with van der Waals surface area (Å²) < 4.78 is 10.5. The summed E-state index contributed by atoms with van der Waals surface area (Å²) in [6, 6.07) is 5.32. The molecule has 1 aliphatic heterocycles. The molecule has 1 unspecified atom stereocenters. The predicted octanol–water partition coefficient (Wildman–Crippen LogP) is 2.06. The molecule has 25 heavy (non-hydrogen) atoms. The molecule has 3 heterocycles. The van der Waals surface area contributed by atoms with E-state index >= 15 is 0 Å². The Labute approximate surface area is 152 Å². The van der Waals surface area contributed by atoms with E-state index in [2.05, 4.69) is 10.1 Å². The van der Waals surface area contributed by atoms with Gasteiger partial charge in [-0.25, -0.2) is 0 Å². The van der Waals surface area contributed by atoms with Gasteiger partial charge in [-0.05, 0) is 25.0 Å². The first kappa shape index (κ1) is 18.0. The first-order chi connectivity index (χ1) is 11.7. The maximum atomic E-state index is 12.5. The van der Waals surface area contributed by atoms with Crippen molar-refractivity contribution in [3.63, 3.8) is 0 Å². The van der Waals surface area contributed by atoms with Gasteiger partial charge < -0.3 is 18.9 Å². The van der Waals surface area contributed by atoms with Gasteiger partial charge in [-0.1, -0.05) is 5.16 Å². The van der Waals surface area contributed by atoms with E-state index in [-0.39, 0.29) is 18.3 Å². The lowest BCUT2D eigenvalue weighted by Crippen LogP contribution is -2.49. The van der Waals surface area contributed by atoms with Crippen LogP contribution in [0.25, 0.3) is 0 Å². The van der Waals surface area contributed by atoms with Crippen LogP contribution in [0.4, 0.5) is 0 Å². The van der Waals surface area contributed by atoms with Crippen LogP contribution >= 0.6 is 12.4 Å². The van der Waals surface area contributed by atoms with Gasteiger partial charge in [-0.2, -0.15) is 0 Å². The van der Waals surface area contributed by atoms with Gasteiger partial charge >= 0.3 is 0 Å². The summed E-state index contributed by atoms with van der Waals surface area (Å²) in [5, 5.41) is 14.1. The van der Waals surface area contributed by atoms with Gasteiger partial charge in [0.25, 0.3) is 5.91 Å². The van der Waals surface area contributed by atoms with E-state index in [1.165, 1.54) is 0 Å². The first-order valence-corrected chi connectivity index (χ1v) is 8.40. The van der Waals surface area contributed by atoms with Crippen molar-refractivity contribution in [3.8, 4) is 0 Å². The van der Waals surface area contributed by atoms with E-state index in [0.29, 0.717) is 37.0 Å². The molecule has 136 valence electrons. The lowest BCUT2D eigenvalue weighted by molar-refractivity contribution is 0.0479. The average Bonchev–Trinajstić information content (AvgIpc) is 3.12. The molecule has 0 spiro atoms. The number of carbonyl (C=O) groups is 1. The monoisotopic (exact) mass is 367 g/mol. The van der Waals surface area contributed by atoms with Crippen molar-refractivity contribution in [2.24, 2.45) is 0 Å². The Morgan fingerprint density at radius 3 is 2.72 bits per heavy atom. The van der Waals surface area contributed by atoms with Gasteiger partial charge in [-0.15, -0.1) is 12.4 Å². The number of nitrogens with zero attached hydrogens (tertiary/aromatic N) is 3. The van der Waals surface area contributed by atoms with Crippen LogP contribution in [0.3, 0.4) is 0 Å². The summed E-state index contributed by atoms with van der Waals surface area (Å²) in [4.78, 5) is 16.4. The minimum atomic E-state index is -0.640. The van der Waals surface area contributed by atoms with Crippen molar-refractivity contribution >= 4 is 18.3 Å². The van der Waals surface area contributed by atoms with E-state index < -0.39 is 6.10 Å². The highest BCUT2D eigenvalue weighted by Gasteiger charge is 2.31. The number of aliphatic hydroxyl groups excluding tert-OH is 1. The largest absolute Gasteiger partial charge is 0.467 e. The molecule has 1 saturated heterocycles.